The number of halogens is 1. The predicted molar refractivity (Wildman–Crippen MR) is 86.9 cm³/mol. The van der Waals surface area contributed by atoms with Crippen molar-refractivity contribution in [3.05, 3.63) is 22.7 Å². The second-order valence-electron chi connectivity index (χ2n) is 5.52. The van der Waals surface area contributed by atoms with Crippen molar-refractivity contribution in [2.24, 2.45) is 5.73 Å². The van der Waals surface area contributed by atoms with Crippen LogP contribution in [-0.2, 0) is 0 Å². The summed E-state index contributed by atoms with van der Waals surface area (Å²) in [6.07, 6.45) is 0. The molecule has 5 nitrogen and oxygen atoms in total. The monoisotopic (exact) mass is 313 g/mol. The fourth-order valence-electron chi connectivity index (χ4n) is 2.31. The Hall–Kier alpha value is -1.46. The van der Waals surface area contributed by atoms with E-state index in [2.05, 4.69) is 32.6 Å². The third-order valence-electron chi connectivity index (χ3n) is 3.25. The number of hydrogen-bond acceptors (Lipinski definition) is 4. The molecule has 1 aromatic rings. The second-order valence-corrected chi connectivity index (χ2v) is 5.92. The third kappa shape index (κ3) is 4.79. The van der Waals surface area contributed by atoms with Gasteiger partial charge in [-0.3, -0.25) is 9.69 Å². The number of hydrogen-bond donors (Lipinski definition) is 2. The van der Waals surface area contributed by atoms with Crippen molar-refractivity contribution in [2.75, 3.05) is 18.9 Å². The van der Waals surface area contributed by atoms with E-state index in [0.29, 0.717) is 35.2 Å². The number of anilines is 1. The van der Waals surface area contributed by atoms with Gasteiger partial charge in [0.25, 0.3) is 5.91 Å². The van der Waals surface area contributed by atoms with Gasteiger partial charge in [0.15, 0.2) is 5.75 Å². The van der Waals surface area contributed by atoms with E-state index < -0.39 is 5.91 Å². The quantitative estimate of drug-likeness (QED) is 0.758. The van der Waals surface area contributed by atoms with Crippen LogP contribution in [0.4, 0.5) is 5.69 Å². The SMILES string of the molecule is CC(C)N(CCOc1c(Cl)cc(N)cc1C(N)=O)C(C)C. The van der Waals surface area contributed by atoms with Crippen LogP contribution >= 0.6 is 11.6 Å². The summed E-state index contributed by atoms with van der Waals surface area (Å²) in [6, 6.07) is 3.84. The molecule has 0 radical (unpaired) electrons. The van der Waals surface area contributed by atoms with Gasteiger partial charge in [-0.1, -0.05) is 11.6 Å². The summed E-state index contributed by atoms with van der Waals surface area (Å²) >= 11 is 6.09. The van der Waals surface area contributed by atoms with E-state index >= 15 is 0 Å². The largest absolute Gasteiger partial charge is 0.490 e. The Morgan fingerprint density at radius 3 is 2.33 bits per heavy atom. The van der Waals surface area contributed by atoms with Crippen molar-refractivity contribution in [1.82, 2.24) is 4.90 Å². The normalized spacial score (nSPS) is 11.4. The lowest BCUT2D eigenvalue weighted by Gasteiger charge is -2.30. The molecule has 118 valence electrons. The second kappa shape index (κ2) is 7.52. The van der Waals surface area contributed by atoms with E-state index in [0.717, 1.165) is 6.54 Å². The van der Waals surface area contributed by atoms with Gasteiger partial charge >= 0.3 is 0 Å². The molecule has 4 N–H and O–H groups in total. The molecular formula is C15H24ClN3O2. The molecule has 1 rings (SSSR count). The Balaban J connectivity index is 2.82. The molecule has 0 unspecified atom stereocenters. The Morgan fingerprint density at radius 1 is 1.29 bits per heavy atom. The van der Waals surface area contributed by atoms with E-state index in [4.69, 9.17) is 27.8 Å². The van der Waals surface area contributed by atoms with E-state index in [9.17, 15) is 4.79 Å². The zero-order chi connectivity index (χ0) is 16.2. The summed E-state index contributed by atoms with van der Waals surface area (Å²) in [5, 5.41) is 0.296. The Kier molecular flexibility index (Phi) is 6.30. The molecule has 0 atom stereocenters. The van der Waals surface area contributed by atoms with Crippen molar-refractivity contribution in [2.45, 2.75) is 39.8 Å². The Bertz CT molecular complexity index is 496. The highest BCUT2D eigenvalue weighted by molar-refractivity contribution is 6.33. The van der Waals surface area contributed by atoms with Crippen LogP contribution in [0.15, 0.2) is 12.1 Å². The Labute approximate surface area is 131 Å². The van der Waals surface area contributed by atoms with Crippen LogP contribution in [0.5, 0.6) is 5.75 Å². The first-order valence-electron chi connectivity index (χ1n) is 7.01. The summed E-state index contributed by atoms with van der Waals surface area (Å²) in [5.41, 5.74) is 11.6. The van der Waals surface area contributed by atoms with Crippen molar-refractivity contribution < 1.29 is 9.53 Å². The number of benzene rings is 1. The highest BCUT2D eigenvalue weighted by atomic mass is 35.5. The molecular weight excluding hydrogens is 290 g/mol. The molecule has 1 aromatic carbocycles. The molecule has 0 aliphatic rings. The summed E-state index contributed by atoms with van der Waals surface area (Å²) in [6.45, 7) is 9.67. The van der Waals surface area contributed by atoms with Crippen LogP contribution in [0, 0.1) is 0 Å². The molecule has 0 aliphatic heterocycles. The lowest BCUT2D eigenvalue weighted by Crippen LogP contribution is -2.39. The zero-order valence-corrected chi connectivity index (χ0v) is 13.8. The van der Waals surface area contributed by atoms with Gasteiger partial charge in [-0.05, 0) is 39.8 Å². The molecule has 1 amide bonds. The van der Waals surface area contributed by atoms with Crippen LogP contribution < -0.4 is 16.2 Å². The van der Waals surface area contributed by atoms with Gasteiger partial charge in [0.2, 0.25) is 0 Å². The predicted octanol–water partition coefficient (Wildman–Crippen LogP) is 2.52. The molecule has 0 heterocycles. The maximum Gasteiger partial charge on any atom is 0.252 e. The van der Waals surface area contributed by atoms with E-state index in [1.165, 1.54) is 6.07 Å². The first-order valence-corrected chi connectivity index (χ1v) is 7.39. The minimum Gasteiger partial charge on any atom is -0.490 e. The van der Waals surface area contributed by atoms with E-state index in [-0.39, 0.29) is 5.56 Å². The maximum atomic E-state index is 11.5. The third-order valence-corrected chi connectivity index (χ3v) is 3.53. The smallest absolute Gasteiger partial charge is 0.252 e. The number of carbonyl (C=O) groups is 1. The molecule has 0 fully saturated rings. The van der Waals surface area contributed by atoms with Crippen LogP contribution in [0.25, 0.3) is 0 Å². The standard InChI is InChI=1S/C15H24ClN3O2/c1-9(2)19(10(3)4)5-6-21-14-12(15(18)20)7-11(17)8-13(14)16/h7-10H,5-6,17H2,1-4H3,(H2,18,20). The van der Waals surface area contributed by atoms with Gasteiger partial charge in [-0.15, -0.1) is 0 Å². The average molecular weight is 314 g/mol. The topological polar surface area (TPSA) is 81.6 Å². The van der Waals surface area contributed by atoms with Gasteiger partial charge < -0.3 is 16.2 Å². The minimum atomic E-state index is -0.608. The van der Waals surface area contributed by atoms with Crippen molar-refractivity contribution >= 4 is 23.2 Å². The van der Waals surface area contributed by atoms with Gasteiger partial charge in [0, 0.05) is 24.3 Å². The molecule has 21 heavy (non-hydrogen) atoms. The molecule has 0 saturated carbocycles. The van der Waals surface area contributed by atoms with Crippen LogP contribution in [0.1, 0.15) is 38.1 Å². The first-order chi connectivity index (χ1) is 9.73. The fourth-order valence-corrected chi connectivity index (χ4v) is 2.59. The summed E-state index contributed by atoms with van der Waals surface area (Å²) < 4.78 is 5.69. The van der Waals surface area contributed by atoms with Crippen LogP contribution in [0.3, 0.4) is 0 Å². The number of nitrogens with zero attached hydrogens (tertiary/aromatic N) is 1. The van der Waals surface area contributed by atoms with Gasteiger partial charge in [-0.2, -0.15) is 0 Å². The van der Waals surface area contributed by atoms with E-state index in [1.807, 2.05) is 0 Å². The lowest BCUT2D eigenvalue weighted by atomic mass is 10.1. The van der Waals surface area contributed by atoms with Crippen molar-refractivity contribution in [3.8, 4) is 5.75 Å². The fraction of sp³-hybridized carbons (Fsp3) is 0.533. The number of rotatable bonds is 7. The molecule has 0 spiro atoms. The number of nitrogen functional groups attached to an aromatic ring is 1. The van der Waals surface area contributed by atoms with E-state index in [1.54, 1.807) is 6.07 Å². The summed E-state index contributed by atoms with van der Waals surface area (Å²) in [4.78, 5) is 13.7. The number of carbonyl (C=O) groups excluding carboxylic acids is 1. The lowest BCUT2D eigenvalue weighted by molar-refractivity contribution is 0.0993. The molecule has 0 aromatic heterocycles. The number of primary amides is 1. The zero-order valence-electron chi connectivity index (χ0n) is 13.0. The van der Waals surface area contributed by atoms with Gasteiger partial charge in [0.05, 0.1) is 10.6 Å². The molecule has 0 saturated heterocycles. The Morgan fingerprint density at radius 2 is 1.86 bits per heavy atom. The summed E-state index contributed by atoms with van der Waals surface area (Å²) in [7, 11) is 0. The average Bonchev–Trinajstić information content (AvgIpc) is 2.34. The number of ether oxygens (including phenoxy) is 1. The van der Waals surface area contributed by atoms with Gasteiger partial charge in [0.1, 0.15) is 6.61 Å². The maximum absolute atomic E-state index is 11.5. The molecule has 0 aliphatic carbocycles. The van der Waals surface area contributed by atoms with Gasteiger partial charge in [-0.25, -0.2) is 0 Å². The van der Waals surface area contributed by atoms with Crippen LogP contribution in [0.2, 0.25) is 5.02 Å². The highest BCUT2D eigenvalue weighted by Crippen LogP contribution is 2.31. The summed E-state index contributed by atoms with van der Waals surface area (Å²) in [5.74, 6) is -0.311. The van der Waals surface area contributed by atoms with Crippen LogP contribution in [-0.4, -0.2) is 36.0 Å². The first kappa shape index (κ1) is 17.6. The van der Waals surface area contributed by atoms with Crippen molar-refractivity contribution in [3.63, 3.8) is 0 Å². The molecule has 0 bridgehead atoms. The van der Waals surface area contributed by atoms with Crippen molar-refractivity contribution in [1.29, 1.82) is 0 Å². The number of amides is 1. The number of nitrogens with two attached hydrogens (primary N) is 2. The minimum absolute atomic E-state index is 0.209. The molecule has 6 heteroatoms. The highest BCUT2D eigenvalue weighted by Gasteiger charge is 2.17.